The number of pyridine rings is 1. The first-order chi connectivity index (χ1) is 14.4. The molecule has 0 unspecified atom stereocenters. The van der Waals surface area contributed by atoms with Crippen LogP contribution in [0, 0.1) is 0 Å². The Balaban J connectivity index is 1.78. The minimum atomic E-state index is -4.42. The van der Waals surface area contributed by atoms with Gasteiger partial charge in [0.05, 0.1) is 23.5 Å². The molecular formula is C23H23F3N3O+. The molecule has 0 saturated heterocycles. The predicted molar refractivity (Wildman–Crippen MR) is 106 cm³/mol. The number of rotatable bonds is 4. The van der Waals surface area contributed by atoms with Crippen LogP contribution in [0.15, 0.2) is 59.7 Å². The summed E-state index contributed by atoms with van der Waals surface area (Å²) in [6.45, 7) is 0. The summed E-state index contributed by atoms with van der Waals surface area (Å²) in [6.07, 6.45) is 4.47. The molecule has 0 amide bonds. The highest BCUT2D eigenvalue weighted by atomic mass is 19.4. The van der Waals surface area contributed by atoms with Gasteiger partial charge in [0.25, 0.3) is 0 Å². The lowest BCUT2D eigenvalue weighted by Crippen LogP contribution is -2.36. The summed E-state index contributed by atoms with van der Waals surface area (Å²) in [7, 11) is 0. The first-order valence-electron chi connectivity index (χ1n) is 10.2. The van der Waals surface area contributed by atoms with E-state index in [1.165, 1.54) is 6.07 Å². The zero-order chi connectivity index (χ0) is 21.1. The summed E-state index contributed by atoms with van der Waals surface area (Å²) in [5.74, 6) is 0.568. The van der Waals surface area contributed by atoms with Crippen molar-refractivity contribution in [1.82, 2.24) is 9.97 Å². The number of benzene rings is 1. The first kappa shape index (κ1) is 20.3. The molecule has 1 fully saturated rings. The Kier molecular flexibility index (Phi) is 5.70. The molecule has 0 radical (unpaired) electrons. The van der Waals surface area contributed by atoms with Gasteiger partial charge in [0.2, 0.25) is 0 Å². The van der Waals surface area contributed by atoms with E-state index in [-0.39, 0.29) is 17.9 Å². The maximum absolute atomic E-state index is 13.1. The fourth-order valence-electron chi connectivity index (χ4n) is 4.11. The van der Waals surface area contributed by atoms with E-state index in [4.69, 9.17) is 4.98 Å². The van der Waals surface area contributed by atoms with Gasteiger partial charge in [0.15, 0.2) is 0 Å². The van der Waals surface area contributed by atoms with E-state index >= 15 is 0 Å². The number of hydrogen-bond donors (Lipinski definition) is 1. The summed E-state index contributed by atoms with van der Waals surface area (Å²) in [6, 6.07) is 10.7. The Morgan fingerprint density at radius 2 is 1.77 bits per heavy atom. The van der Waals surface area contributed by atoms with Crippen LogP contribution >= 0.6 is 0 Å². The normalized spacial score (nSPS) is 15.3. The third-order valence-electron chi connectivity index (χ3n) is 5.62. The minimum absolute atomic E-state index is 0.123. The van der Waals surface area contributed by atoms with E-state index in [9.17, 15) is 18.0 Å². The van der Waals surface area contributed by atoms with E-state index in [0.717, 1.165) is 44.2 Å². The third-order valence-corrected chi connectivity index (χ3v) is 5.62. The van der Waals surface area contributed by atoms with Gasteiger partial charge in [-0.2, -0.15) is 13.2 Å². The fraction of sp³-hybridized carbons (Fsp3) is 0.348. The molecule has 1 saturated carbocycles. The maximum atomic E-state index is 13.1. The van der Waals surface area contributed by atoms with Crippen molar-refractivity contribution in [2.75, 3.05) is 0 Å². The number of aromatic amines is 1. The molecule has 4 nitrogen and oxygen atoms in total. The second-order valence-corrected chi connectivity index (χ2v) is 7.75. The summed E-state index contributed by atoms with van der Waals surface area (Å²) >= 11 is 0. The van der Waals surface area contributed by atoms with Gasteiger partial charge >= 0.3 is 17.7 Å². The Hall–Kier alpha value is -2.96. The Morgan fingerprint density at radius 1 is 1.03 bits per heavy atom. The van der Waals surface area contributed by atoms with Crippen LogP contribution in [0.3, 0.4) is 0 Å². The van der Waals surface area contributed by atoms with Gasteiger partial charge in [-0.25, -0.2) is 9.55 Å². The molecular weight excluding hydrogens is 391 g/mol. The Bertz CT molecular complexity index is 1070. The largest absolute Gasteiger partial charge is 0.416 e. The molecule has 4 rings (SSSR count). The molecule has 3 aromatic rings. The molecule has 2 heterocycles. The second-order valence-electron chi connectivity index (χ2n) is 7.75. The quantitative estimate of drug-likeness (QED) is 0.629. The average molecular weight is 414 g/mol. The molecule has 0 spiro atoms. The number of hydrogen-bond acceptors (Lipinski definition) is 2. The van der Waals surface area contributed by atoms with E-state index < -0.39 is 11.7 Å². The van der Waals surface area contributed by atoms with Crippen LogP contribution in [-0.4, -0.2) is 9.97 Å². The monoisotopic (exact) mass is 414 g/mol. The maximum Gasteiger partial charge on any atom is 0.416 e. The predicted octanol–water partition coefficient (Wildman–Crippen LogP) is 4.70. The standard InChI is InChI=1S/C23H22F3N3O/c24-23(25,26)18-11-7-8-16(14-18)15-19-20(17-9-3-1-4-10-17)27-22(28-21(19)30)29-12-5-2-6-13-29/h2,5-8,11-14,17H,1,3-4,9-10,15H2/p+1. The molecule has 1 aliphatic rings. The fourth-order valence-corrected chi connectivity index (χ4v) is 4.11. The van der Waals surface area contributed by atoms with Crippen LogP contribution in [0.25, 0.3) is 5.95 Å². The highest BCUT2D eigenvalue weighted by Gasteiger charge is 2.31. The number of halogens is 3. The van der Waals surface area contributed by atoms with E-state index in [1.807, 2.05) is 18.2 Å². The molecule has 0 bridgehead atoms. The van der Waals surface area contributed by atoms with Gasteiger partial charge in [-0.3, -0.25) is 4.79 Å². The highest BCUT2D eigenvalue weighted by Crippen LogP contribution is 2.34. The molecule has 0 atom stereocenters. The first-order valence-corrected chi connectivity index (χ1v) is 10.2. The van der Waals surface area contributed by atoms with Crippen LogP contribution in [0.5, 0.6) is 0 Å². The number of H-pyrrole nitrogens is 1. The minimum Gasteiger partial charge on any atom is -0.251 e. The van der Waals surface area contributed by atoms with Crippen molar-refractivity contribution in [2.45, 2.75) is 50.6 Å². The molecule has 7 heteroatoms. The molecule has 1 N–H and O–H groups in total. The molecule has 1 aromatic carbocycles. The van der Waals surface area contributed by atoms with Crippen molar-refractivity contribution in [3.05, 3.63) is 87.6 Å². The summed E-state index contributed by atoms with van der Waals surface area (Å²) in [5, 5.41) is 0. The number of nitrogens with one attached hydrogen (secondary N) is 1. The summed E-state index contributed by atoms with van der Waals surface area (Å²) in [5.41, 5.74) is 0.618. The summed E-state index contributed by atoms with van der Waals surface area (Å²) < 4.78 is 41.1. The van der Waals surface area contributed by atoms with Crippen LogP contribution in [0.2, 0.25) is 0 Å². The van der Waals surface area contributed by atoms with Crippen molar-refractivity contribution in [2.24, 2.45) is 0 Å². The lowest BCUT2D eigenvalue weighted by atomic mass is 9.84. The molecule has 30 heavy (non-hydrogen) atoms. The lowest BCUT2D eigenvalue weighted by Gasteiger charge is -2.21. The van der Waals surface area contributed by atoms with Crippen LogP contribution in [0.4, 0.5) is 13.2 Å². The lowest BCUT2D eigenvalue weighted by molar-refractivity contribution is -0.603. The van der Waals surface area contributed by atoms with Gasteiger partial charge in [0.1, 0.15) is 5.69 Å². The topological polar surface area (TPSA) is 49.6 Å². The molecule has 156 valence electrons. The SMILES string of the molecule is O=c1[nH]c(-[n+]2ccccc2)nc(C2CCCCC2)c1Cc1cccc(C(F)(F)F)c1. The van der Waals surface area contributed by atoms with Gasteiger partial charge < -0.3 is 0 Å². The van der Waals surface area contributed by atoms with Gasteiger partial charge in [-0.15, -0.1) is 0 Å². The average Bonchev–Trinajstić information content (AvgIpc) is 2.76. The van der Waals surface area contributed by atoms with Crippen molar-refractivity contribution < 1.29 is 17.7 Å². The third kappa shape index (κ3) is 4.45. The van der Waals surface area contributed by atoms with Crippen LogP contribution in [0.1, 0.15) is 60.4 Å². The van der Waals surface area contributed by atoms with E-state index in [2.05, 4.69) is 4.98 Å². The highest BCUT2D eigenvalue weighted by molar-refractivity contribution is 5.33. The van der Waals surface area contributed by atoms with Crippen molar-refractivity contribution >= 4 is 0 Å². The van der Waals surface area contributed by atoms with Crippen molar-refractivity contribution in [1.29, 1.82) is 0 Å². The van der Waals surface area contributed by atoms with E-state index in [0.29, 0.717) is 22.8 Å². The van der Waals surface area contributed by atoms with Crippen LogP contribution < -0.4 is 10.1 Å². The van der Waals surface area contributed by atoms with Gasteiger partial charge in [-0.1, -0.05) is 48.5 Å². The van der Waals surface area contributed by atoms with Crippen molar-refractivity contribution in [3.63, 3.8) is 0 Å². The molecule has 0 aliphatic heterocycles. The van der Waals surface area contributed by atoms with Gasteiger partial charge in [-0.05, 0) is 36.6 Å². The summed E-state index contributed by atoms with van der Waals surface area (Å²) in [4.78, 5) is 20.6. The second kappa shape index (κ2) is 8.42. The number of aromatic nitrogens is 3. The number of alkyl halides is 3. The van der Waals surface area contributed by atoms with Crippen molar-refractivity contribution in [3.8, 4) is 5.95 Å². The smallest absolute Gasteiger partial charge is 0.251 e. The van der Waals surface area contributed by atoms with Gasteiger partial charge in [0, 0.05) is 12.3 Å². The zero-order valence-electron chi connectivity index (χ0n) is 16.5. The zero-order valence-corrected chi connectivity index (χ0v) is 16.5. The van der Waals surface area contributed by atoms with Crippen LogP contribution in [-0.2, 0) is 12.6 Å². The Morgan fingerprint density at radius 3 is 2.47 bits per heavy atom. The molecule has 1 aliphatic carbocycles. The Labute approximate surface area is 172 Å². The molecule has 2 aromatic heterocycles. The van der Waals surface area contributed by atoms with E-state index in [1.54, 1.807) is 23.0 Å². The number of nitrogens with zero attached hydrogens (tertiary/aromatic N) is 2.